The second-order valence-electron chi connectivity index (χ2n) is 7.45. The highest BCUT2D eigenvalue weighted by atomic mass is 16.5. The molecule has 3 aromatic rings. The van der Waals surface area contributed by atoms with Crippen molar-refractivity contribution in [2.75, 3.05) is 18.5 Å². The van der Waals surface area contributed by atoms with E-state index in [9.17, 15) is 19.2 Å². The molecule has 0 heterocycles. The number of hydrogen-bond donors (Lipinski definition) is 4. The van der Waals surface area contributed by atoms with Crippen molar-refractivity contribution in [1.29, 1.82) is 0 Å². The van der Waals surface area contributed by atoms with Gasteiger partial charge in [-0.25, -0.2) is 5.48 Å². The number of hydrogen-bond acceptors (Lipinski definition) is 5. The van der Waals surface area contributed by atoms with Crippen molar-refractivity contribution in [3.8, 4) is 11.1 Å². The molecule has 0 spiro atoms. The first-order valence-corrected chi connectivity index (χ1v) is 10.4. The van der Waals surface area contributed by atoms with Crippen molar-refractivity contribution < 1.29 is 24.4 Å². The molecule has 3 aromatic carbocycles. The molecule has 0 fully saturated rings. The third-order valence-corrected chi connectivity index (χ3v) is 5.15. The predicted molar refractivity (Wildman–Crippen MR) is 127 cm³/mol. The molecule has 0 bridgehead atoms. The summed E-state index contributed by atoms with van der Waals surface area (Å²) >= 11 is 0. The van der Waals surface area contributed by atoms with Crippen LogP contribution in [0, 0.1) is 6.92 Å². The number of anilines is 2. The number of amides is 4. The Morgan fingerprint density at radius 3 is 2.12 bits per heavy atom. The van der Waals surface area contributed by atoms with Crippen LogP contribution in [0.15, 0.2) is 66.7 Å². The van der Waals surface area contributed by atoms with Gasteiger partial charge in [-0.05, 0) is 60.5 Å². The number of aryl methyl sites for hydroxylation is 1. The Balaban J connectivity index is 2.06. The fourth-order valence-electron chi connectivity index (χ4n) is 3.25. The first-order valence-electron chi connectivity index (χ1n) is 10.4. The monoisotopic (exact) mass is 460 g/mol. The van der Waals surface area contributed by atoms with Crippen LogP contribution in [0.4, 0.5) is 11.4 Å². The van der Waals surface area contributed by atoms with E-state index in [0.717, 1.165) is 5.56 Å². The Bertz CT molecular complexity index is 1210. The van der Waals surface area contributed by atoms with Gasteiger partial charge in [-0.15, -0.1) is 0 Å². The molecular formula is C25H24N4O5. The van der Waals surface area contributed by atoms with E-state index < -0.39 is 11.8 Å². The minimum absolute atomic E-state index is 0.199. The maximum Gasteiger partial charge on any atom is 0.274 e. The minimum atomic E-state index is -0.652. The molecule has 34 heavy (non-hydrogen) atoms. The lowest BCUT2D eigenvalue weighted by molar-refractivity contribution is -0.119. The largest absolute Gasteiger partial charge is 0.358 e. The molecule has 0 aliphatic rings. The van der Waals surface area contributed by atoms with Gasteiger partial charge in [0.15, 0.2) is 0 Å². The van der Waals surface area contributed by atoms with Crippen molar-refractivity contribution in [2.45, 2.75) is 6.92 Å². The van der Waals surface area contributed by atoms with Gasteiger partial charge >= 0.3 is 0 Å². The molecule has 0 aliphatic heterocycles. The highest BCUT2D eigenvalue weighted by Crippen LogP contribution is 2.31. The summed E-state index contributed by atoms with van der Waals surface area (Å²) in [6.07, 6.45) is 0.657. The van der Waals surface area contributed by atoms with Crippen molar-refractivity contribution in [2.24, 2.45) is 0 Å². The molecule has 0 atom stereocenters. The van der Waals surface area contributed by atoms with Gasteiger partial charge < -0.3 is 10.6 Å². The van der Waals surface area contributed by atoms with Gasteiger partial charge in [-0.2, -0.15) is 0 Å². The summed E-state index contributed by atoms with van der Waals surface area (Å²) in [5, 5.41) is 13.8. The van der Waals surface area contributed by atoms with E-state index in [4.69, 9.17) is 5.21 Å². The second kappa shape index (κ2) is 10.9. The lowest BCUT2D eigenvalue weighted by atomic mass is 9.99. The van der Waals surface area contributed by atoms with Gasteiger partial charge in [0.2, 0.25) is 12.3 Å². The number of nitrogens with zero attached hydrogens (tertiary/aromatic N) is 1. The van der Waals surface area contributed by atoms with Crippen LogP contribution in [-0.2, 0) is 9.59 Å². The molecule has 0 radical (unpaired) electrons. The molecule has 0 aliphatic carbocycles. The van der Waals surface area contributed by atoms with E-state index in [2.05, 4.69) is 10.6 Å². The van der Waals surface area contributed by atoms with Crippen LogP contribution in [0.3, 0.4) is 0 Å². The molecule has 3 rings (SSSR count). The summed E-state index contributed by atoms with van der Waals surface area (Å²) in [6, 6.07) is 18.6. The van der Waals surface area contributed by atoms with Crippen LogP contribution < -0.4 is 21.0 Å². The summed E-state index contributed by atoms with van der Waals surface area (Å²) in [6.45, 7) is 1.74. The third-order valence-electron chi connectivity index (χ3n) is 5.15. The van der Waals surface area contributed by atoms with Crippen molar-refractivity contribution in [3.63, 3.8) is 0 Å². The predicted octanol–water partition coefficient (Wildman–Crippen LogP) is 2.55. The molecular weight excluding hydrogens is 436 g/mol. The fourth-order valence-corrected chi connectivity index (χ4v) is 3.25. The van der Waals surface area contributed by atoms with E-state index in [1.54, 1.807) is 47.9 Å². The zero-order valence-electron chi connectivity index (χ0n) is 18.7. The van der Waals surface area contributed by atoms with Crippen LogP contribution in [0.1, 0.15) is 26.3 Å². The van der Waals surface area contributed by atoms with Crippen LogP contribution in [0.25, 0.3) is 11.1 Å². The summed E-state index contributed by atoms with van der Waals surface area (Å²) in [5.41, 5.74) is 5.44. The van der Waals surface area contributed by atoms with Gasteiger partial charge in [0.05, 0.1) is 12.2 Å². The van der Waals surface area contributed by atoms with Crippen LogP contribution >= 0.6 is 0 Å². The lowest BCUT2D eigenvalue weighted by Gasteiger charge is -2.20. The topological polar surface area (TPSA) is 128 Å². The maximum atomic E-state index is 12.8. The average Bonchev–Trinajstić information content (AvgIpc) is 2.88. The zero-order chi connectivity index (χ0) is 24.7. The Hall–Kier alpha value is -4.50. The first kappa shape index (κ1) is 24.1. The van der Waals surface area contributed by atoms with E-state index in [-0.39, 0.29) is 23.6 Å². The number of rotatable bonds is 8. The highest BCUT2D eigenvalue weighted by Gasteiger charge is 2.16. The van der Waals surface area contributed by atoms with Crippen LogP contribution in [0.2, 0.25) is 0 Å². The summed E-state index contributed by atoms with van der Waals surface area (Å²) in [5.74, 6) is -1.49. The van der Waals surface area contributed by atoms with Gasteiger partial charge in [-0.1, -0.05) is 29.8 Å². The molecule has 174 valence electrons. The van der Waals surface area contributed by atoms with E-state index in [1.807, 2.05) is 19.1 Å². The Morgan fingerprint density at radius 1 is 0.853 bits per heavy atom. The van der Waals surface area contributed by atoms with Gasteiger partial charge in [0, 0.05) is 23.9 Å². The van der Waals surface area contributed by atoms with E-state index in [1.165, 1.54) is 24.1 Å². The molecule has 4 N–H and O–H groups in total. The van der Waals surface area contributed by atoms with E-state index in [0.29, 0.717) is 28.9 Å². The molecule has 9 nitrogen and oxygen atoms in total. The first-order chi connectivity index (χ1) is 16.4. The van der Waals surface area contributed by atoms with Crippen LogP contribution in [0.5, 0.6) is 0 Å². The molecule has 9 heteroatoms. The van der Waals surface area contributed by atoms with Gasteiger partial charge in [-0.3, -0.25) is 29.3 Å². The quantitative estimate of drug-likeness (QED) is 0.233. The standard InChI is InChI=1S/C25H24N4O5/c1-16-3-9-21(10-4-16)29(15-30)22-12-19(17-5-7-18(8-6-17)25(33)28-34)11-20(13-22)24(32)27-14-23(31)26-2/h3-13,15,34H,14H2,1-2H3,(H,26,31)(H,27,32)(H,28,33). The highest BCUT2D eigenvalue weighted by molar-refractivity contribution is 6.00. The Labute approximate surface area is 196 Å². The summed E-state index contributed by atoms with van der Waals surface area (Å²) in [7, 11) is 1.47. The van der Waals surface area contributed by atoms with Gasteiger partial charge in [0.25, 0.3) is 11.8 Å². The van der Waals surface area contributed by atoms with Crippen molar-refractivity contribution in [3.05, 3.63) is 83.4 Å². The Morgan fingerprint density at radius 2 is 1.53 bits per heavy atom. The van der Waals surface area contributed by atoms with Crippen molar-refractivity contribution >= 4 is 35.5 Å². The minimum Gasteiger partial charge on any atom is -0.358 e. The van der Waals surface area contributed by atoms with Crippen LogP contribution in [-0.4, -0.2) is 42.9 Å². The lowest BCUT2D eigenvalue weighted by Crippen LogP contribution is -2.35. The number of nitrogens with one attached hydrogen (secondary N) is 3. The number of benzene rings is 3. The number of carbonyl (C=O) groups excluding carboxylic acids is 4. The normalized spacial score (nSPS) is 10.2. The second-order valence-corrected chi connectivity index (χ2v) is 7.45. The molecule has 4 amide bonds. The average molecular weight is 460 g/mol. The molecule has 0 saturated heterocycles. The number of likely N-dealkylation sites (N-methyl/N-ethyl adjacent to an activating group) is 1. The third kappa shape index (κ3) is 5.64. The fraction of sp³-hybridized carbons (Fsp3) is 0.120. The SMILES string of the molecule is CNC(=O)CNC(=O)c1cc(-c2ccc(C(=O)NO)cc2)cc(N(C=O)c2ccc(C)cc2)c1. The number of carbonyl (C=O) groups is 4. The van der Waals surface area contributed by atoms with E-state index >= 15 is 0 Å². The van der Waals surface area contributed by atoms with Crippen molar-refractivity contribution in [1.82, 2.24) is 16.1 Å². The maximum absolute atomic E-state index is 12.8. The number of hydroxylamine groups is 1. The zero-order valence-corrected chi connectivity index (χ0v) is 18.7. The molecule has 0 unspecified atom stereocenters. The summed E-state index contributed by atoms with van der Waals surface area (Å²) in [4.78, 5) is 49.4. The smallest absolute Gasteiger partial charge is 0.274 e. The molecule has 0 aromatic heterocycles. The summed E-state index contributed by atoms with van der Waals surface area (Å²) < 4.78 is 0. The Kier molecular flexibility index (Phi) is 7.73. The molecule has 0 saturated carbocycles. The van der Waals surface area contributed by atoms with Gasteiger partial charge in [0.1, 0.15) is 0 Å².